The summed E-state index contributed by atoms with van der Waals surface area (Å²) in [6.07, 6.45) is 15.8. The second kappa shape index (κ2) is 8.26. The molecule has 2 nitrogen and oxygen atoms in total. The van der Waals surface area contributed by atoms with E-state index in [4.69, 9.17) is 0 Å². The van der Waals surface area contributed by atoms with Crippen molar-refractivity contribution in [1.29, 1.82) is 0 Å². The van der Waals surface area contributed by atoms with E-state index in [9.17, 15) is 10.2 Å². The van der Waals surface area contributed by atoms with Crippen LogP contribution in [0.4, 0.5) is 0 Å². The molecule has 0 aliphatic heterocycles. The van der Waals surface area contributed by atoms with Gasteiger partial charge in [0.15, 0.2) is 0 Å². The minimum absolute atomic E-state index is 0.0175. The van der Waals surface area contributed by atoms with Gasteiger partial charge in [-0.05, 0) is 110 Å². The number of aliphatic hydroxyl groups excluding tert-OH is 2. The molecule has 0 aromatic rings. The smallest absolute Gasteiger partial charge is 0.0639 e. The topological polar surface area (TPSA) is 40.5 Å². The van der Waals surface area contributed by atoms with E-state index < -0.39 is 0 Å². The van der Waals surface area contributed by atoms with E-state index in [2.05, 4.69) is 53.7 Å². The molecule has 182 valence electrons. The number of hydrogen-bond acceptors (Lipinski definition) is 2. The maximum absolute atomic E-state index is 10.8. The fourth-order valence-electron chi connectivity index (χ4n) is 9.51. The molecule has 0 radical (unpaired) electrons. The summed E-state index contributed by atoms with van der Waals surface area (Å²) in [7, 11) is 0. The summed E-state index contributed by atoms with van der Waals surface area (Å²) in [5.74, 6) is 2.83. The van der Waals surface area contributed by atoms with E-state index in [1.807, 2.05) is 12.5 Å². The first-order valence-corrected chi connectivity index (χ1v) is 13.6. The van der Waals surface area contributed by atoms with Crippen LogP contribution < -0.4 is 0 Å². The van der Waals surface area contributed by atoms with Gasteiger partial charge in [-0.1, -0.05) is 64.8 Å². The summed E-state index contributed by atoms with van der Waals surface area (Å²) < 4.78 is 0. The lowest BCUT2D eigenvalue weighted by atomic mass is 9.41. The lowest BCUT2D eigenvalue weighted by Gasteiger charge is -2.64. The van der Waals surface area contributed by atoms with Crippen LogP contribution in [0.3, 0.4) is 0 Å². The second-order valence-electron chi connectivity index (χ2n) is 13.6. The quantitative estimate of drug-likeness (QED) is 0.438. The van der Waals surface area contributed by atoms with Gasteiger partial charge in [0.25, 0.3) is 0 Å². The molecule has 32 heavy (non-hydrogen) atoms. The molecule has 0 amide bonds. The fraction of sp³-hybridized carbons (Fsp3) is 0.867. The van der Waals surface area contributed by atoms with Crippen LogP contribution in [0.25, 0.3) is 0 Å². The largest absolute Gasteiger partial charge is 0.393 e. The van der Waals surface area contributed by atoms with E-state index in [0.29, 0.717) is 28.1 Å². The van der Waals surface area contributed by atoms with Crippen molar-refractivity contribution in [1.82, 2.24) is 0 Å². The average Bonchev–Trinajstić information content (AvgIpc) is 3.02. The minimum atomic E-state index is -0.153. The Kier molecular flexibility index (Phi) is 6.33. The monoisotopic (exact) mass is 442 g/mol. The molecule has 3 unspecified atom stereocenters. The van der Waals surface area contributed by atoms with Gasteiger partial charge in [0, 0.05) is 0 Å². The van der Waals surface area contributed by atoms with Gasteiger partial charge in [0.2, 0.25) is 0 Å². The first-order chi connectivity index (χ1) is 14.9. The third-order valence-corrected chi connectivity index (χ3v) is 11.9. The molecule has 0 spiro atoms. The van der Waals surface area contributed by atoms with Crippen LogP contribution in [0.2, 0.25) is 0 Å². The van der Waals surface area contributed by atoms with Gasteiger partial charge in [-0.25, -0.2) is 0 Å². The molecule has 4 aliphatic carbocycles. The number of hydrogen-bond donors (Lipinski definition) is 2. The molecule has 3 fully saturated rings. The Hall–Kier alpha value is -0.600. The van der Waals surface area contributed by atoms with Gasteiger partial charge in [-0.3, -0.25) is 0 Å². The maximum atomic E-state index is 10.8. The summed E-state index contributed by atoms with van der Waals surface area (Å²) in [6, 6.07) is 0. The number of rotatable bonds is 5. The number of aliphatic hydroxyl groups is 2. The van der Waals surface area contributed by atoms with Crippen LogP contribution in [-0.2, 0) is 0 Å². The third-order valence-electron chi connectivity index (χ3n) is 11.9. The van der Waals surface area contributed by atoms with Crippen molar-refractivity contribution in [3.63, 3.8) is 0 Å². The highest BCUT2D eigenvalue weighted by molar-refractivity contribution is 5.33. The maximum Gasteiger partial charge on any atom is 0.0639 e. The van der Waals surface area contributed by atoms with Crippen LogP contribution in [0.1, 0.15) is 106 Å². The molecular weight excluding hydrogens is 392 g/mol. The Bertz CT molecular complexity index is 778. The summed E-state index contributed by atoms with van der Waals surface area (Å²) >= 11 is 0. The molecular formula is C30H50O2. The van der Waals surface area contributed by atoms with Crippen molar-refractivity contribution in [3.05, 3.63) is 23.3 Å². The fourth-order valence-corrected chi connectivity index (χ4v) is 9.51. The van der Waals surface area contributed by atoms with Gasteiger partial charge < -0.3 is 10.2 Å². The molecule has 0 heterocycles. The van der Waals surface area contributed by atoms with Gasteiger partial charge in [-0.2, -0.15) is 0 Å². The predicted octanol–water partition coefficient (Wildman–Crippen LogP) is 7.31. The van der Waals surface area contributed by atoms with E-state index in [-0.39, 0.29) is 18.1 Å². The van der Waals surface area contributed by atoms with Crippen LogP contribution in [0.15, 0.2) is 23.3 Å². The van der Waals surface area contributed by atoms with Crippen LogP contribution in [0, 0.1) is 45.3 Å². The summed E-state index contributed by atoms with van der Waals surface area (Å²) in [5.41, 5.74) is 4.01. The minimum Gasteiger partial charge on any atom is -0.393 e. The first-order valence-electron chi connectivity index (χ1n) is 13.6. The zero-order valence-electron chi connectivity index (χ0n) is 22.0. The zero-order valence-corrected chi connectivity index (χ0v) is 22.0. The van der Waals surface area contributed by atoms with Crippen molar-refractivity contribution in [2.24, 2.45) is 45.3 Å². The molecule has 0 bridgehead atoms. The Morgan fingerprint density at radius 2 is 1.81 bits per heavy atom. The Morgan fingerprint density at radius 1 is 1.09 bits per heavy atom. The van der Waals surface area contributed by atoms with Crippen LogP contribution in [-0.4, -0.2) is 22.9 Å². The predicted molar refractivity (Wildman–Crippen MR) is 134 cm³/mol. The standard InChI is InChI=1S/C30H50O2/c1-20(19-31)9-8-10-21(2)22-13-17-30(7)24-11-12-25-27(3,4)26(32)15-16-28(25,5)23(24)14-18-29(22,30)6/h9,11,21-23,25-26,31-32H,8,10,12-19H2,1-7H3/b20-9-/t21-,22?,23?,25?,26-,28-,29+,30-/m1/s1. The van der Waals surface area contributed by atoms with Crippen molar-refractivity contribution >= 4 is 0 Å². The normalized spacial score (nSPS) is 46.7. The average molecular weight is 443 g/mol. The highest BCUT2D eigenvalue weighted by Gasteiger charge is 2.65. The van der Waals surface area contributed by atoms with Crippen molar-refractivity contribution in [2.45, 2.75) is 112 Å². The van der Waals surface area contributed by atoms with Crippen LogP contribution in [0.5, 0.6) is 0 Å². The van der Waals surface area contributed by atoms with E-state index in [0.717, 1.165) is 36.7 Å². The van der Waals surface area contributed by atoms with Crippen molar-refractivity contribution in [3.8, 4) is 0 Å². The van der Waals surface area contributed by atoms with Gasteiger partial charge in [-0.15, -0.1) is 0 Å². The summed E-state index contributed by atoms with van der Waals surface area (Å²) in [6.45, 7) is 17.2. The summed E-state index contributed by atoms with van der Waals surface area (Å²) in [5, 5.41) is 20.1. The van der Waals surface area contributed by atoms with Gasteiger partial charge in [0.1, 0.15) is 0 Å². The Labute approximate surface area is 198 Å². The third kappa shape index (κ3) is 3.41. The van der Waals surface area contributed by atoms with E-state index in [1.54, 1.807) is 0 Å². The SMILES string of the molecule is C/C(=C/CC[C@@H](C)C1CC[C@]2(C)C3=CCC4C(C)(C)[C@H](O)CC[C@]4(C)C3CC[C@@]12C)CO. The molecule has 4 rings (SSSR count). The molecule has 2 heteroatoms. The zero-order chi connectivity index (χ0) is 23.5. The molecule has 0 aromatic carbocycles. The lowest BCUT2D eigenvalue weighted by molar-refractivity contribution is -0.131. The second-order valence-corrected chi connectivity index (χ2v) is 13.6. The molecule has 0 aromatic heterocycles. The molecule has 8 atom stereocenters. The van der Waals surface area contributed by atoms with Crippen molar-refractivity contribution in [2.75, 3.05) is 6.61 Å². The first kappa shape index (κ1) is 24.5. The molecule has 0 saturated heterocycles. The summed E-state index contributed by atoms with van der Waals surface area (Å²) in [4.78, 5) is 0. The Morgan fingerprint density at radius 3 is 2.50 bits per heavy atom. The lowest BCUT2D eigenvalue weighted by Crippen LogP contribution is -2.58. The van der Waals surface area contributed by atoms with Crippen molar-refractivity contribution < 1.29 is 10.2 Å². The number of allylic oxidation sites excluding steroid dienone is 3. The van der Waals surface area contributed by atoms with Gasteiger partial charge >= 0.3 is 0 Å². The van der Waals surface area contributed by atoms with Crippen LogP contribution >= 0.6 is 0 Å². The molecule has 4 aliphatic rings. The molecule has 2 N–H and O–H groups in total. The van der Waals surface area contributed by atoms with E-state index in [1.165, 1.54) is 38.5 Å². The highest BCUT2D eigenvalue weighted by atomic mass is 16.3. The molecule has 3 saturated carbocycles. The number of fused-ring (bicyclic) bond motifs is 5. The highest BCUT2D eigenvalue weighted by Crippen LogP contribution is 2.73. The van der Waals surface area contributed by atoms with E-state index >= 15 is 0 Å². The van der Waals surface area contributed by atoms with Gasteiger partial charge in [0.05, 0.1) is 12.7 Å². The Balaban J connectivity index is 1.59.